The number of likely N-dealkylation sites (tertiary alicyclic amines) is 1. The van der Waals surface area contributed by atoms with Crippen LogP contribution in [0.1, 0.15) is 75.5 Å². The Bertz CT molecular complexity index is 494. The first-order chi connectivity index (χ1) is 11.3. The maximum Gasteiger partial charge on any atom is 0.128 e. The first kappa shape index (κ1) is 16.8. The number of aromatic nitrogens is 1. The second kappa shape index (κ2) is 8.14. The molecule has 2 aliphatic heterocycles. The standard InChI is InChI=1S/C20H33N3/c1-3-4-11-22-12-9-6-10-19(22)18-16-21-20(15-17(18)2)23-13-7-5-8-14-23/h15-16,19H,3-14H2,1-2H3/t19-/m1/s1. The zero-order chi connectivity index (χ0) is 16.1. The SMILES string of the molecule is CCCCN1CCCC[C@@H]1c1cnc(N2CCCCC2)cc1C. The van der Waals surface area contributed by atoms with E-state index in [1.54, 1.807) is 0 Å². The van der Waals surface area contributed by atoms with Crippen molar-refractivity contribution in [3.8, 4) is 0 Å². The molecule has 0 spiro atoms. The molecule has 0 aliphatic carbocycles. The molecule has 3 heteroatoms. The van der Waals surface area contributed by atoms with Crippen molar-refractivity contribution in [2.24, 2.45) is 0 Å². The van der Waals surface area contributed by atoms with Gasteiger partial charge in [0.25, 0.3) is 0 Å². The van der Waals surface area contributed by atoms with Crippen LogP contribution in [-0.2, 0) is 0 Å². The summed E-state index contributed by atoms with van der Waals surface area (Å²) >= 11 is 0. The number of pyridine rings is 1. The molecule has 0 unspecified atom stereocenters. The van der Waals surface area contributed by atoms with Gasteiger partial charge in [-0.05, 0) is 75.7 Å². The zero-order valence-electron chi connectivity index (χ0n) is 15.1. The van der Waals surface area contributed by atoms with Crippen molar-refractivity contribution < 1.29 is 0 Å². The number of piperidine rings is 2. The van der Waals surface area contributed by atoms with Gasteiger partial charge in [-0.1, -0.05) is 19.8 Å². The van der Waals surface area contributed by atoms with Gasteiger partial charge < -0.3 is 4.90 Å². The van der Waals surface area contributed by atoms with Crippen LogP contribution in [0.15, 0.2) is 12.3 Å². The van der Waals surface area contributed by atoms with Crippen LogP contribution in [0.4, 0.5) is 5.82 Å². The molecule has 3 nitrogen and oxygen atoms in total. The minimum absolute atomic E-state index is 0.596. The summed E-state index contributed by atoms with van der Waals surface area (Å²) < 4.78 is 0. The van der Waals surface area contributed by atoms with Gasteiger partial charge >= 0.3 is 0 Å². The fourth-order valence-electron chi connectivity index (χ4n) is 4.17. The number of nitrogens with zero attached hydrogens (tertiary/aromatic N) is 3. The number of hydrogen-bond donors (Lipinski definition) is 0. The molecule has 128 valence electrons. The van der Waals surface area contributed by atoms with Crippen molar-refractivity contribution in [3.63, 3.8) is 0 Å². The molecule has 0 amide bonds. The van der Waals surface area contributed by atoms with Crippen molar-refractivity contribution >= 4 is 5.82 Å². The highest BCUT2D eigenvalue weighted by atomic mass is 15.2. The van der Waals surface area contributed by atoms with E-state index in [0.29, 0.717) is 6.04 Å². The summed E-state index contributed by atoms with van der Waals surface area (Å²) in [5, 5.41) is 0. The monoisotopic (exact) mass is 315 g/mol. The average molecular weight is 316 g/mol. The van der Waals surface area contributed by atoms with Crippen LogP contribution in [0.3, 0.4) is 0 Å². The summed E-state index contributed by atoms with van der Waals surface area (Å²) in [6.45, 7) is 9.44. The van der Waals surface area contributed by atoms with Gasteiger partial charge in [0.2, 0.25) is 0 Å². The van der Waals surface area contributed by atoms with Crippen LogP contribution in [0, 0.1) is 6.92 Å². The minimum atomic E-state index is 0.596. The molecule has 0 radical (unpaired) electrons. The molecule has 23 heavy (non-hydrogen) atoms. The van der Waals surface area contributed by atoms with Gasteiger partial charge in [-0.3, -0.25) is 4.90 Å². The lowest BCUT2D eigenvalue weighted by atomic mass is 9.93. The van der Waals surface area contributed by atoms with Crippen LogP contribution in [0.5, 0.6) is 0 Å². The number of unbranched alkanes of at least 4 members (excludes halogenated alkanes) is 1. The molecule has 1 aromatic rings. The highest BCUT2D eigenvalue weighted by Crippen LogP contribution is 2.33. The minimum Gasteiger partial charge on any atom is -0.357 e. The molecule has 3 rings (SSSR count). The van der Waals surface area contributed by atoms with Crippen molar-refractivity contribution in [3.05, 3.63) is 23.4 Å². The van der Waals surface area contributed by atoms with E-state index >= 15 is 0 Å². The zero-order valence-corrected chi connectivity index (χ0v) is 15.1. The summed E-state index contributed by atoms with van der Waals surface area (Å²) in [4.78, 5) is 10.0. The Balaban J connectivity index is 1.75. The van der Waals surface area contributed by atoms with E-state index in [1.165, 1.54) is 94.5 Å². The second-order valence-corrected chi connectivity index (χ2v) is 7.35. The Hall–Kier alpha value is -1.09. The molecule has 0 bridgehead atoms. The molecule has 0 N–H and O–H groups in total. The maximum absolute atomic E-state index is 4.85. The van der Waals surface area contributed by atoms with Crippen molar-refractivity contribution in [2.45, 2.75) is 71.3 Å². The third kappa shape index (κ3) is 4.06. The van der Waals surface area contributed by atoms with Crippen molar-refractivity contribution in [1.82, 2.24) is 9.88 Å². The van der Waals surface area contributed by atoms with Gasteiger partial charge in [0.1, 0.15) is 5.82 Å². The predicted molar refractivity (Wildman–Crippen MR) is 98.1 cm³/mol. The van der Waals surface area contributed by atoms with Crippen LogP contribution < -0.4 is 4.90 Å². The van der Waals surface area contributed by atoms with Crippen molar-refractivity contribution in [1.29, 1.82) is 0 Å². The lowest BCUT2D eigenvalue weighted by Crippen LogP contribution is -2.35. The summed E-state index contributed by atoms with van der Waals surface area (Å²) in [6, 6.07) is 2.94. The number of aryl methyl sites for hydroxylation is 1. The molecule has 1 aromatic heterocycles. The fourth-order valence-corrected chi connectivity index (χ4v) is 4.17. The predicted octanol–water partition coefficient (Wildman–Crippen LogP) is 4.71. The topological polar surface area (TPSA) is 19.4 Å². The molecule has 0 aromatic carbocycles. The van der Waals surface area contributed by atoms with Crippen molar-refractivity contribution in [2.75, 3.05) is 31.1 Å². The van der Waals surface area contributed by atoms with Crippen LogP contribution in [0.25, 0.3) is 0 Å². The molecular weight excluding hydrogens is 282 g/mol. The fraction of sp³-hybridized carbons (Fsp3) is 0.750. The third-order valence-electron chi connectivity index (χ3n) is 5.59. The van der Waals surface area contributed by atoms with E-state index in [4.69, 9.17) is 4.98 Å². The Morgan fingerprint density at radius 1 is 1.09 bits per heavy atom. The Kier molecular flexibility index (Phi) is 5.93. The second-order valence-electron chi connectivity index (χ2n) is 7.35. The lowest BCUT2D eigenvalue weighted by Gasteiger charge is -2.37. The number of anilines is 1. The summed E-state index contributed by atoms with van der Waals surface area (Å²) in [5.41, 5.74) is 2.91. The van der Waals surface area contributed by atoms with Gasteiger partial charge in [-0.25, -0.2) is 4.98 Å². The first-order valence-corrected chi connectivity index (χ1v) is 9.75. The van der Waals surface area contributed by atoms with E-state index in [0.717, 1.165) is 0 Å². The van der Waals surface area contributed by atoms with Gasteiger partial charge in [-0.2, -0.15) is 0 Å². The third-order valence-corrected chi connectivity index (χ3v) is 5.59. The van der Waals surface area contributed by atoms with Gasteiger partial charge in [0, 0.05) is 25.3 Å². The summed E-state index contributed by atoms with van der Waals surface area (Å²) in [7, 11) is 0. The van der Waals surface area contributed by atoms with E-state index < -0.39 is 0 Å². The molecule has 2 fully saturated rings. The smallest absolute Gasteiger partial charge is 0.128 e. The van der Waals surface area contributed by atoms with Gasteiger partial charge in [-0.15, -0.1) is 0 Å². The normalized spacial score (nSPS) is 23.2. The van der Waals surface area contributed by atoms with E-state index in [2.05, 4.69) is 35.9 Å². The largest absolute Gasteiger partial charge is 0.357 e. The lowest BCUT2D eigenvalue weighted by molar-refractivity contribution is 0.146. The molecule has 1 atom stereocenters. The molecular formula is C20H33N3. The molecule has 0 saturated carbocycles. The quantitative estimate of drug-likeness (QED) is 0.784. The first-order valence-electron chi connectivity index (χ1n) is 9.75. The molecule has 2 aliphatic rings. The van der Waals surface area contributed by atoms with Gasteiger partial charge in [0.15, 0.2) is 0 Å². The average Bonchev–Trinajstić information content (AvgIpc) is 2.61. The maximum atomic E-state index is 4.85. The van der Waals surface area contributed by atoms with Crippen LogP contribution in [-0.4, -0.2) is 36.1 Å². The van der Waals surface area contributed by atoms with Crippen LogP contribution in [0.2, 0.25) is 0 Å². The summed E-state index contributed by atoms with van der Waals surface area (Å²) in [5.74, 6) is 1.20. The van der Waals surface area contributed by atoms with E-state index in [-0.39, 0.29) is 0 Å². The van der Waals surface area contributed by atoms with E-state index in [1.807, 2.05) is 0 Å². The number of rotatable bonds is 5. The van der Waals surface area contributed by atoms with E-state index in [9.17, 15) is 0 Å². The molecule has 3 heterocycles. The Morgan fingerprint density at radius 2 is 1.87 bits per heavy atom. The Morgan fingerprint density at radius 3 is 2.61 bits per heavy atom. The highest BCUT2D eigenvalue weighted by Gasteiger charge is 2.25. The van der Waals surface area contributed by atoms with Gasteiger partial charge in [0.05, 0.1) is 0 Å². The Labute approximate surface area is 142 Å². The molecule has 2 saturated heterocycles. The van der Waals surface area contributed by atoms with Crippen LogP contribution >= 0.6 is 0 Å². The summed E-state index contributed by atoms with van der Waals surface area (Å²) in [6.07, 6.45) is 12.8. The number of hydrogen-bond acceptors (Lipinski definition) is 3. The highest BCUT2D eigenvalue weighted by molar-refractivity contribution is 5.44.